The Labute approximate surface area is 163 Å². The number of carbonyl (C=O) groups excluding carboxylic acids is 1. The Bertz CT molecular complexity index is 961. The van der Waals surface area contributed by atoms with Gasteiger partial charge in [0, 0.05) is 35.2 Å². The molecule has 0 aliphatic rings. The number of ether oxygens (including phenoxy) is 3. The molecular formula is C21H25N3O4. The second-order valence-electron chi connectivity index (χ2n) is 6.56. The number of methoxy groups -OCH3 is 1. The van der Waals surface area contributed by atoms with Crippen LogP contribution in [-0.4, -0.2) is 48.9 Å². The van der Waals surface area contributed by atoms with E-state index in [-0.39, 0.29) is 6.10 Å². The van der Waals surface area contributed by atoms with Gasteiger partial charge in [0.05, 0.1) is 24.8 Å². The second kappa shape index (κ2) is 9.43. The highest BCUT2D eigenvalue weighted by Gasteiger charge is 2.15. The van der Waals surface area contributed by atoms with Crippen LogP contribution in [-0.2, 0) is 9.47 Å². The minimum atomic E-state index is -0.406. The third-order valence-corrected chi connectivity index (χ3v) is 4.39. The lowest BCUT2D eigenvalue weighted by atomic mass is 10.1. The van der Waals surface area contributed by atoms with Crippen molar-refractivity contribution in [2.75, 3.05) is 26.9 Å². The Hall–Kier alpha value is -2.77. The lowest BCUT2D eigenvalue weighted by Gasteiger charge is -2.17. The summed E-state index contributed by atoms with van der Waals surface area (Å²) in [6.45, 7) is 3.72. The third-order valence-electron chi connectivity index (χ3n) is 4.39. The molecule has 0 aliphatic carbocycles. The summed E-state index contributed by atoms with van der Waals surface area (Å²) in [5.74, 6) is 0.0849. The molecule has 0 bridgehead atoms. The van der Waals surface area contributed by atoms with Crippen LogP contribution >= 0.6 is 0 Å². The van der Waals surface area contributed by atoms with E-state index in [0.717, 1.165) is 29.0 Å². The summed E-state index contributed by atoms with van der Waals surface area (Å²) in [6, 6.07) is 7.15. The zero-order chi connectivity index (χ0) is 19.9. The van der Waals surface area contributed by atoms with E-state index in [4.69, 9.17) is 19.9 Å². The first-order valence-corrected chi connectivity index (χ1v) is 9.34. The van der Waals surface area contributed by atoms with Crippen LogP contribution in [0.5, 0.6) is 5.88 Å². The molecule has 1 unspecified atom stereocenters. The maximum atomic E-state index is 11.9. The van der Waals surface area contributed by atoms with Gasteiger partial charge in [0.15, 0.2) is 0 Å². The van der Waals surface area contributed by atoms with E-state index < -0.39 is 5.97 Å². The van der Waals surface area contributed by atoms with Crippen molar-refractivity contribution in [3.63, 3.8) is 0 Å². The minimum Gasteiger partial charge on any atom is -0.472 e. The van der Waals surface area contributed by atoms with Crippen molar-refractivity contribution in [1.82, 2.24) is 9.97 Å². The third kappa shape index (κ3) is 4.55. The quantitative estimate of drug-likeness (QED) is 0.344. The summed E-state index contributed by atoms with van der Waals surface area (Å²) in [5.41, 5.74) is 6.57. The molecule has 0 aliphatic heterocycles. The number of aromatic nitrogens is 2. The molecule has 1 atom stereocenters. The molecule has 148 valence electrons. The van der Waals surface area contributed by atoms with Gasteiger partial charge < -0.3 is 19.9 Å². The second-order valence-corrected chi connectivity index (χ2v) is 6.56. The fraction of sp³-hybridized carbons (Fsp3) is 0.381. The van der Waals surface area contributed by atoms with Crippen molar-refractivity contribution in [2.24, 2.45) is 5.73 Å². The van der Waals surface area contributed by atoms with Gasteiger partial charge in [-0.15, -0.1) is 0 Å². The molecule has 2 heterocycles. The Morgan fingerprint density at radius 3 is 2.82 bits per heavy atom. The highest BCUT2D eigenvalue weighted by Crippen LogP contribution is 2.31. The fourth-order valence-electron chi connectivity index (χ4n) is 2.97. The molecule has 0 amide bonds. The van der Waals surface area contributed by atoms with Gasteiger partial charge in [-0.25, -0.2) is 9.78 Å². The lowest BCUT2D eigenvalue weighted by molar-refractivity contribution is 0.0558. The van der Waals surface area contributed by atoms with Crippen molar-refractivity contribution in [2.45, 2.75) is 25.9 Å². The van der Waals surface area contributed by atoms with E-state index >= 15 is 0 Å². The van der Waals surface area contributed by atoms with Gasteiger partial charge in [0.2, 0.25) is 5.88 Å². The predicted octanol–water partition coefficient (Wildman–Crippen LogP) is 3.09. The standard InChI is InChI=1S/C21H25N3O4/c1-14(13-27-10-4-3-8-22)28-20-17-7-9-23-12-18(17)16-6-5-15(21(25)26-2)11-19(16)24-20/h5-7,9,11-12,14H,3-4,8,10,13,22H2,1-2H3. The number of pyridine rings is 2. The SMILES string of the molecule is COC(=O)c1ccc2c(c1)nc(OC(C)COCCCCN)c1ccncc12. The Morgan fingerprint density at radius 2 is 2.04 bits per heavy atom. The lowest BCUT2D eigenvalue weighted by Crippen LogP contribution is -2.20. The van der Waals surface area contributed by atoms with E-state index in [2.05, 4.69) is 9.97 Å². The topological polar surface area (TPSA) is 96.6 Å². The molecule has 0 spiro atoms. The molecule has 7 nitrogen and oxygen atoms in total. The number of unbranched alkanes of at least 4 members (excludes halogenated alkanes) is 1. The minimum absolute atomic E-state index is 0.178. The van der Waals surface area contributed by atoms with E-state index in [1.54, 1.807) is 24.5 Å². The van der Waals surface area contributed by atoms with E-state index in [0.29, 0.717) is 36.7 Å². The molecule has 2 aromatic heterocycles. The number of nitrogens with zero attached hydrogens (tertiary/aromatic N) is 2. The smallest absolute Gasteiger partial charge is 0.337 e. The summed E-state index contributed by atoms with van der Waals surface area (Å²) < 4.78 is 16.5. The molecule has 0 fully saturated rings. The highest BCUT2D eigenvalue weighted by atomic mass is 16.5. The molecule has 0 saturated heterocycles. The summed E-state index contributed by atoms with van der Waals surface area (Å²) in [5, 5.41) is 2.67. The first-order chi connectivity index (χ1) is 13.6. The Kier molecular flexibility index (Phi) is 6.73. The Morgan fingerprint density at radius 1 is 1.18 bits per heavy atom. The van der Waals surface area contributed by atoms with Crippen LogP contribution in [0.2, 0.25) is 0 Å². The van der Waals surface area contributed by atoms with Crippen LogP contribution in [0.3, 0.4) is 0 Å². The van der Waals surface area contributed by atoms with Crippen LogP contribution in [0, 0.1) is 0 Å². The van der Waals surface area contributed by atoms with Crippen LogP contribution in [0.15, 0.2) is 36.7 Å². The zero-order valence-electron chi connectivity index (χ0n) is 16.2. The van der Waals surface area contributed by atoms with E-state index in [9.17, 15) is 4.79 Å². The van der Waals surface area contributed by atoms with Gasteiger partial charge in [0.25, 0.3) is 0 Å². The van der Waals surface area contributed by atoms with Crippen molar-refractivity contribution in [3.05, 3.63) is 42.2 Å². The van der Waals surface area contributed by atoms with E-state index in [1.807, 2.05) is 19.1 Å². The maximum absolute atomic E-state index is 11.9. The van der Waals surface area contributed by atoms with Crippen LogP contribution in [0.25, 0.3) is 21.7 Å². The number of carbonyl (C=O) groups is 1. The van der Waals surface area contributed by atoms with Crippen molar-refractivity contribution in [1.29, 1.82) is 0 Å². The van der Waals surface area contributed by atoms with Gasteiger partial charge in [-0.3, -0.25) is 4.98 Å². The van der Waals surface area contributed by atoms with Crippen molar-refractivity contribution >= 4 is 27.6 Å². The average Bonchev–Trinajstić information content (AvgIpc) is 2.72. The van der Waals surface area contributed by atoms with Crippen LogP contribution in [0.4, 0.5) is 0 Å². The van der Waals surface area contributed by atoms with Crippen molar-refractivity contribution in [3.8, 4) is 5.88 Å². The van der Waals surface area contributed by atoms with Crippen LogP contribution in [0.1, 0.15) is 30.1 Å². The van der Waals surface area contributed by atoms with Crippen molar-refractivity contribution < 1.29 is 19.0 Å². The van der Waals surface area contributed by atoms with Gasteiger partial charge in [-0.1, -0.05) is 6.07 Å². The van der Waals surface area contributed by atoms with Gasteiger partial charge in [-0.05, 0) is 44.5 Å². The molecule has 3 aromatic rings. The zero-order valence-corrected chi connectivity index (χ0v) is 16.2. The first-order valence-electron chi connectivity index (χ1n) is 9.34. The summed E-state index contributed by atoms with van der Waals surface area (Å²) in [4.78, 5) is 20.7. The number of hydrogen-bond donors (Lipinski definition) is 1. The number of benzene rings is 1. The monoisotopic (exact) mass is 383 g/mol. The summed E-state index contributed by atoms with van der Waals surface area (Å²) in [6.07, 6.45) is 5.18. The Balaban J connectivity index is 1.88. The average molecular weight is 383 g/mol. The molecule has 0 saturated carbocycles. The number of nitrogens with two attached hydrogens (primary N) is 1. The molecule has 28 heavy (non-hydrogen) atoms. The molecule has 7 heteroatoms. The first kappa shape index (κ1) is 20.0. The van der Waals surface area contributed by atoms with Gasteiger partial charge >= 0.3 is 5.97 Å². The molecule has 3 rings (SSSR count). The maximum Gasteiger partial charge on any atom is 0.337 e. The summed E-state index contributed by atoms with van der Waals surface area (Å²) >= 11 is 0. The van der Waals surface area contributed by atoms with Crippen LogP contribution < -0.4 is 10.5 Å². The predicted molar refractivity (Wildman–Crippen MR) is 108 cm³/mol. The van der Waals surface area contributed by atoms with Gasteiger partial charge in [-0.2, -0.15) is 0 Å². The summed E-state index contributed by atoms with van der Waals surface area (Å²) in [7, 11) is 1.36. The molecule has 2 N–H and O–H groups in total. The normalized spacial score (nSPS) is 12.2. The number of hydrogen-bond acceptors (Lipinski definition) is 7. The molecule has 1 aromatic carbocycles. The van der Waals surface area contributed by atoms with Gasteiger partial charge in [0.1, 0.15) is 6.10 Å². The largest absolute Gasteiger partial charge is 0.472 e. The number of fused-ring (bicyclic) bond motifs is 3. The van der Waals surface area contributed by atoms with E-state index in [1.165, 1.54) is 7.11 Å². The molecular weight excluding hydrogens is 358 g/mol. The number of esters is 1. The fourth-order valence-corrected chi connectivity index (χ4v) is 2.97. The number of rotatable bonds is 9. The molecule has 0 radical (unpaired) electrons. The highest BCUT2D eigenvalue weighted by molar-refractivity contribution is 6.08.